The van der Waals surface area contributed by atoms with Crippen LogP contribution in [0.25, 0.3) is 0 Å². The lowest BCUT2D eigenvalue weighted by Gasteiger charge is -2.19. The molecular weight excluding hydrogens is 381 g/mol. The van der Waals surface area contributed by atoms with E-state index in [4.69, 9.17) is 27.9 Å². The van der Waals surface area contributed by atoms with Crippen LogP contribution in [-0.4, -0.2) is 15.5 Å². The van der Waals surface area contributed by atoms with Crippen LogP contribution in [0.1, 0.15) is 36.1 Å². The molecule has 0 saturated heterocycles. The lowest BCUT2D eigenvalue weighted by molar-refractivity contribution is 0.411. The summed E-state index contributed by atoms with van der Waals surface area (Å²) in [4.78, 5) is 0. The van der Waals surface area contributed by atoms with Gasteiger partial charge < -0.3 is 4.74 Å². The Balaban J connectivity index is 2.24. The monoisotopic (exact) mass is 401 g/mol. The number of aryl methyl sites for hydroxylation is 1. The molecule has 2 aromatic rings. The number of hydrogen-bond acceptors (Lipinski definition) is 3. The summed E-state index contributed by atoms with van der Waals surface area (Å²) in [6.07, 6.45) is 0.612. The van der Waals surface area contributed by atoms with Gasteiger partial charge in [0.05, 0.1) is 12.9 Å². The summed E-state index contributed by atoms with van der Waals surface area (Å²) in [6, 6.07) is 10.2. The summed E-state index contributed by atoms with van der Waals surface area (Å²) in [5.41, 5.74) is 2.24. The zero-order valence-corrected chi connectivity index (χ0v) is 16.7. The summed E-state index contributed by atoms with van der Waals surface area (Å²) in [6.45, 7) is 3.85. The Bertz CT molecular complexity index is 833. The van der Waals surface area contributed by atoms with Crippen molar-refractivity contribution >= 4 is 33.2 Å². The van der Waals surface area contributed by atoms with Gasteiger partial charge >= 0.3 is 0 Å². The van der Waals surface area contributed by atoms with Crippen molar-refractivity contribution in [2.75, 3.05) is 7.11 Å². The number of rotatable bonds is 7. The molecule has 0 aliphatic heterocycles. The average molecular weight is 402 g/mol. The van der Waals surface area contributed by atoms with Gasteiger partial charge in [0.25, 0.3) is 0 Å². The lowest BCUT2D eigenvalue weighted by Crippen LogP contribution is -2.29. The number of halogens is 2. The van der Waals surface area contributed by atoms with Crippen molar-refractivity contribution in [2.45, 2.75) is 32.1 Å². The van der Waals surface area contributed by atoms with E-state index in [0.29, 0.717) is 22.0 Å². The number of ether oxygens (including phenoxy) is 1. The molecule has 0 aliphatic rings. The largest absolute Gasteiger partial charge is 0.496 e. The standard InChI is InChI=1S/C18H21Cl2NO3S/c1-4-17(13-8-9-18(24-3)12(2)10-13)21-25(22,23)11-14-15(19)6-5-7-16(14)20/h5-10,17,21H,4,11H2,1-3H3/t17-/m1/s1. The van der Waals surface area contributed by atoms with Crippen molar-refractivity contribution < 1.29 is 13.2 Å². The number of hydrogen-bond donors (Lipinski definition) is 1. The maximum absolute atomic E-state index is 12.6. The first kappa shape index (κ1) is 20.0. The molecule has 0 fully saturated rings. The molecule has 0 spiro atoms. The second-order valence-corrected chi connectivity index (χ2v) is 8.34. The molecule has 0 aliphatic carbocycles. The van der Waals surface area contributed by atoms with Crippen molar-refractivity contribution in [1.82, 2.24) is 4.72 Å². The van der Waals surface area contributed by atoms with Gasteiger partial charge in [-0.2, -0.15) is 0 Å². The molecule has 0 amide bonds. The molecule has 1 atom stereocenters. The topological polar surface area (TPSA) is 55.4 Å². The smallest absolute Gasteiger partial charge is 0.216 e. The number of nitrogens with one attached hydrogen (secondary N) is 1. The van der Waals surface area contributed by atoms with Crippen molar-refractivity contribution in [3.05, 3.63) is 63.1 Å². The second kappa shape index (κ2) is 8.41. The summed E-state index contributed by atoms with van der Waals surface area (Å²) < 4.78 is 33.2. The van der Waals surface area contributed by atoms with Crippen LogP contribution in [0.2, 0.25) is 10.0 Å². The van der Waals surface area contributed by atoms with Crippen molar-refractivity contribution in [3.63, 3.8) is 0 Å². The minimum absolute atomic E-state index is 0.267. The van der Waals surface area contributed by atoms with Crippen LogP contribution < -0.4 is 9.46 Å². The highest BCUT2D eigenvalue weighted by Crippen LogP contribution is 2.28. The van der Waals surface area contributed by atoms with Gasteiger partial charge in [0.2, 0.25) is 10.0 Å². The fourth-order valence-electron chi connectivity index (χ4n) is 2.62. The van der Waals surface area contributed by atoms with Crippen molar-refractivity contribution in [1.29, 1.82) is 0 Å². The molecule has 7 heteroatoms. The molecule has 0 heterocycles. The lowest BCUT2D eigenvalue weighted by atomic mass is 10.0. The highest BCUT2D eigenvalue weighted by Gasteiger charge is 2.21. The highest BCUT2D eigenvalue weighted by molar-refractivity contribution is 7.88. The Morgan fingerprint density at radius 2 is 1.80 bits per heavy atom. The first-order chi connectivity index (χ1) is 11.8. The average Bonchev–Trinajstić information content (AvgIpc) is 2.56. The van der Waals surface area contributed by atoms with E-state index in [2.05, 4.69) is 4.72 Å². The quantitative estimate of drug-likeness (QED) is 0.718. The molecule has 2 rings (SSSR count). The number of sulfonamides is 1. The van der Waals surface area contributed by atoms with Gasteiger partial charge in [-0.25, -0.2) is 13.1 Å². The molecule has 1 N–H and O–H groups in total. The molecule has 2 aromatic carbocycles. The predicted octanol–water partition coefficient (Wildman–Crippen LogP) is 4.88. The Labute approximate surface area is 159 Å². The summed E-state index contributed by atoms with van der Waals surface area (Å²) >= 11 is 12.2. The van der Waals surface area contributed by atoms with Crippen LogP contribution in [0.5, 0.6) is 5.75 Å². The number of benzene rings is 2. The third-order valence-electron chi connectivity index (χ3n) is 3.95. The van der Waals surface area contributed by atoms with E-state index in [-0.39, 0.29) is 11.8 Å². The van der Waals surface area contributed by atoms with Crippen LogP contribution in [-0.2, 0) is 15.8 Å². The maximum atomic E-state index is 12.6. The molecule has 0 radical (unpaired) electrons. The van der Waals surface area contributed by atoms with Crippen LogP contribution in [0.15, 0.2) is 36.4 Å². The summed E-state index contributed by atoms with van der Waals surface area (Å²) in [7, 11) is -2.01. The Morgan fingerprint density at radius 3 is 2.32 bits per heavy atom. The van der Waals surface area contributed by atoms with Gasteiger partial charge in [-0.05, 0) is 42.7 Å². The summed E-state index contributed by atoms with van der Waals surface area (Å²) in [5, 5.41) is 0.678. The number of methoxy groups -OCH3 is 1. The molecule has 0 unspecified atom stereocenters. The van der Waals surface area contributed by atoms with E-state index in [0.717, 1.165) is 16.9 Å². The highest BCUT2D eigenvalue weighted by atomic mass is 35.5. The molecule has 4 nitrogen and oxygen atoms in total. The predicted molar refractivity (Wildman–Crippen MR) is 103 cm³/mol. The minimum Gasteiger partial charge on any atom is -0.496 e. The van der Waals surface area contributed by atoms with Crippen LogP contribution >= 0.6 is 23.2 Å². The first-order valence-electron chi connectivity index (χ1n) is 7.84. The van der Waals surface area contributed by atoms with Gasteiger partial charge in [-0.1, -0.05) is 48.3 Å². The second-order valence-electron chi connectivity index (χ2n) is 5.77. The van der Waals surface area contributed by atoms with E-state index >= 15 is 0 Å². The van der Waals surface area contributed by atoms with Gasteiger partial charge in [-0.3, -0.25) is 0 Å². The van der Waals surface area contributed by atoms with E-state index in [1.54, 1.807) is 25.3 Å². The van der Waals surface area contributed by atoms with Gasteiger partial charge in [0, 0.05) is 21.7 Å². The third kappa shape index (κ3) is 5.11. The van der Waals surface area contributed by atoms with Gasteiger partial charge in [0.15, 0.2) is 0 Å². The Morgan fingerprint density at radius 1 is 1.16 bits per heavy atom. The molecule has 0 aromatic heterocycles. The normalized spacial score (nSPS) is 12.8. The van der Waals surface area contributed by atoms with E-state index in [9.17, 15) is 8.42 Å². The SMILES string of the molecule is CC[C@@H](NS(=O)(=O)Cc1c(Cl)cccc1Cl)c1ccc(OC)c(C)c1. The van der Waals surface area contributed by atoms with Crippen molar-refractivity contribution in [2.24, 2.45) is 0 Å². The maximum Gasteiger partial charge on any atom is 0.216 e. The van der Waals surface area contributed by atoms with E-state index in [1.165, 1.54) is 0 Å². The third-order valence-corrected chi connectivity index (χ3v) is 5.97. The fourth-order valence-corrected chi connectivity index (χ4v) is 4.82. The minimum atomic E-state index is -3.62. The van der Waals surface area contributed by atoms with Gasteiger partial charge in [0.1, 0.15) is 5.75 Å². The zero-order chi connectivity index (χ0) is 18.6. The van der Waals surface area contributed by atoms with Crippen LogP contribution in [0.4, 0.5) is 0 Å². The van der Waals surface area contributed by atoms with Crippen LogP contribution in [0.3, 0.4) is 0 Å². The molecule has 0 bridgehead atoms. The molecule has 0 saturated carbocycles. The first-order valence-corrected chi connectivity index (χ1v) is 10.3. The molecule has 25 heavy (non-hydrogen) atoms. The van der Waals surface area contributed by atoms with Crippen molar-refractivity contribution in [3.8, 4) is 5.75 Å². The summed E-state index contributed by atoms with van der Waals surface area (Å²) in [5.74, 6) is 0.501. The van der Waals surface area contributed by atoms with Gasteiger partial charge in [-0.15, -0.1) is 0 Å². The van der Waals surface area contributed by atoms with Crippen LogP contribution in [0, 0.1) is 6.92 Å². The Kier molecular flexibility index (Phi) is 6.74. The van der Waals surface area contributed by atoms with E-state index in [1.807, 2.05) is 32.0 Å². The Hall–Kier alpha value is -1.27. The molecule has 136 valence electrons. The van der Waals surface area contributed by atoms with E-state index < -0.39 is 10.0 Å². The molecular formula is C18H21Cl2NO3S. The zero-order valence-electron chi connectivity index (χ0n) is 14.3. The fraction of sp³-hybridized carbons (Fsp3) is 0.333.